The summed E-state index contributed by atoms with van der Waals surface area (Å²) in [7, 11) is 3.39. The lowest BCUT2D eigenvalue weighted by molar-refractivity contribution is -0.156. The Morgan fingerprint density at radius 2 is 0.816 bits per heavy atom. The number of hydrogen-bond acceptors (Lipinski definition) is 13. The first kappa shape index (κ1) is 72.1. The molecule has 2 aliphatic heterocycles. The van der Waals surface area contributed by atoms with E-state index in [1.54, 1.807) is 60.6 Å². The summed E-state index contributed by atoms with van der Waals surface area (Å²) < 4.78 is 8.47. The first-order valence-corrected chi connectivity index (χ1v) is 33.1. The quantitative estimate of drug-likeness (QED) is 0.0763. The van der Waals surface area contributed by atoms with E-state index in [0.717, 1.165) is 44.5 Å². The van der Waals surface area contributed by atoms with Gasteiger partial charge in [0.2, 0.25) is 0 Å². The molecule has 2 aliphatic rings. The average Bonchev–Trinajstić information content (AvgIpc) is 0.806. The maximum Gasteiger partial charge on any atom is 0.320 e. The van der Waals surface area contributed by atoms with Crippen LogP contribution in [-0.4, -0.2) is 150 Å². The van der Waals surface area contributed by atoms with Crippen molar-refractivity contribution in [1.82, 2.24) is 38.7 Å². The van der Waals surface area contributed by atoms with E-state index in [4.69, 9.17) is 19.8 Å². The molecule has 98 heavy (non-hydrogen) atoms. The third-order valence-corrected chi connectivity index (χ3v) is 17.6. The second-order valence-electron chi connectivity index (χ2n) is 28.4. The van der Waals surface area contributed by atoms with Gasteiger partial charge in [-0.1, -0.05) is 114 Å². The van der Waals surface area contributed by atoms with Crippen LogP contribution in [0.15, 0.2) is 155 Å². The zero-order valence-corrected chi connectivity index (χ0v) is 58.5. The van der Waals surface area contributed by atoms with Crippen LogP contribution in [0.1, 0.15) is 149 Å². The number of carboxylic acids is 1. The predicted octanol–water partition coefficient (Wildman–Crippen LogP) is 10.7. The van der Waals surface area contributed by atoms with Gasteiger partial charge < -0.3 is 39.4 Å². The van der Waals surface area contributed by atoms with Gasteiger partial charge in [0.25, 0.3) is 34.7 Å². The van der Waals surface area contributed by atoms with Crippen LogP contribution in [-0.2, 0) is 52.1 Å². The average molecular weight is 1330 g/mol. The van der Waals surface area contributed by atoms with Crippen LogP contribution in [0.4, 0.5) is 11.4 Å². The molecule has 4 heterocycles. The largest absolute Gasteiger partial charge is 0.480 e. The smallest absolute Gasteiger partial charge is 0.320 e. The Morgan fingerprint density at radius 1 is 0.469 bits per heavy atom. The van der Waals surface area contributed by atoms with Crippen LogP contribution >= 0.6 is 0 Å². The number of carboxylic acid groups (broad SMARTS) is 1. The minimum absolute atomic E-state index is 0.00593. The highest BCUT2D eigenvalue weighted by atomic mass is 16.6. The van der Waals surface area contributed by atoms with Crippen molar-refractivity contribution in [3.05, 3.63) is 234 Å². The number of benzene rings is 6. The van der Waals surface area contributed by atoms with Gasteiger partial charge in [-0.2, -0.15) is 0 Å². The topological polar surface area (TPSA) is 239 Å². The molecule has 0 aliphatic carbocycles. The van der Waals surface area contributed by atoms with Crippen molar-refractivity contribution in [1.29, 1.82) is 0 Å². The molecule has 2 saturated heterocycles. The highest BCUT2D eigenvalue weighted by molar-refractivity contribution is 6.06. The van der Waals surface area contributed by atoms with Crippen LogP contribution in [0.2, 0.25) is 0 Å². The molecule has 512 valence electrons. The number of carbonyl (C=O) groups is 6. The van der Waals surface area contributed by atoms with Crippen LogP contribution in [0.5, 0.6) is 0 Å². The number of amides is 4. The lowest BCUT2D eigenvalue weighted by atomic mass is 9.86. The van der Waals surface area contributed by atoms with E-state index in [-0.39, 0.29) is 71.1 Å². The Hall–Kier alpha value is -10.2. The Labute approximate surface area is 573 Å². The second-order valence-corrected chi connectivity index (χ2v) is 28.4. The van der Waals surface area contributed by atoms with E-state index in [1.165, 1.54) is 9.13 Å². The Kier molecular flexibility index (Phi) is 22.4. The predicted molar refractivity (Wildman–Crippen MR) is 382 cm³/mol. The van der Waals surface area contributed by atoms with Gasteiger partial charge in [-0.15, -0.1) is 0 Å². The summed E-state index contributed by atoms with van der Waals surface area (Å²) in [6, 6.07) is 41.0. The summed E-state index contributed by atoms with van der Waals surface area (Å²) in [5.74, 6) is -1.72. The van der Waals surface area contributed by atoms with Crippen LogP contribution in [0.25, 0.3) is 22.5 Å². The SMILES string of the molecule is Cc1c(NC(=O)c2ccc(C(C)(C)C)cc2)cccc1-c1cn(C)c(=O)c(Cc2ccc(C(=O)N3CCN(CC(=O)O)CC3)cc2)n1.Cc1c(NC(=O)c2ccc(C(C)(C)C)cc2)cccc1-c1cn(C)c(=O)c(Cc2ccc(C(=O)N3CCN(CC(=O)OC(C)(C)C)CC3)cc2)n1. The number of aryl methyl sites for hydroxylation is 2. The number of nitrogens with one attached hydrogen (secondary N) is 2. The summed E-state index contributed by atoms with van der Waals surface area (Å²) in [6.45, 7) is 26.6. The molecule has 0 radical (unpaired) electrons. The lowest BCUT2D eigenvalue weighted by Gasteiger charge is -2.34. The van der Waals surface area contributed by atoms with Gasteiger partial charge in [0, 0.05) is 136 Å². The molecule has 0 bridgehead atoms. The van der Waals surface area contributed by atoms with Gasteiger partial charge in [-0.3, -0.25) is 48.2 Å². The molecule has 0 spiro atoms. The van der Waals surface area contributed by atoms with Crippen molar-refractivity contribution >= 4 is 46.9 Å². The summed E-state index contributed by atoms with van der Waals surface area (Å²) in [4.78, 5) is 119. The van der Waals surface area contributed by atoms with Crippen molar-refractivity contribution in [2.75, 3.05) is 76.1 Å². The van der Waals surface area contributed by atoms with E-state index in [0.29, 0.717) is 115 Å². The molecule has 0 unspecified atom stereocenters. The fourth-order valence-electron chi connectivity index (χ4n) is 11.8. The fourth-order valence-corrected chi connectivity index (χ4v) is 11.8. The number of carbonyl (C=O) groups excluding carboxylic acids is 5. The zero-order chi connectivity index (χ0) is 71.0. The normalized spacial score (nSPS) is 13.8. The van der Waals surface area contributed by atoms with Crippen molar-refractivity contribution in [3.8, 4) is 22.5 Å². The van der Waals surface area contributed by atoms with E-state index in [2.05, 4.69) is 52.2 Å². The Bertz CT molecular complexity index is 4370. The number of anilines is 2. The van der Waals surface area contributed by atoms with Crippen molar-refractivity contribution in [2.45, 2.75) is 105 Å². The molecule has 2 aromatic heterocycles. The number of aromatic nitrogens is 4. The highest BCUT2D eigenvalue weighted by Gasteiger charge is 2.28. The summed E-state index contributed by atoms with van der Waals surface area (Å²) in [6.07, 6.45) is 3.98. The molecule has 0 atom stereocenters. The third kappa shape index (κ3) is 18.5. The van der Waals surface area contributed by atoms with Crippen LogP contribution in [0.3, 0.4) is 0 Å². The van der Waals surface area contributed by atoms with E-state index in [9.17, 15) is 38.4 Å². The number of esters is 1. The molecule has 2 fully saturated rings. The molecular weight excluding hydrogens is 1240 g/mol. The summed E-state index contributed by atoms with van der Waals surface area (Å²) in [5.41, 5.74) is 11.8. The molecule has 6 aromatic carbocycles. The number of piperazine rings is 2. The Morgan fingerprint density at radius 3 is 1.15 bits per heavy atom. The number of ether oxygens (including phenoxy) is 1. The van der Waals surface area contributed by atoms with Gasteiger partial charge in [0.15, 0.2) is 0 Å². The van der Waals surface area contributed by atoms with Gasteiger partial charge in [-0.25, -0.2) is 9.97 Å². The van der Waals surface area contributed by atoms with E-state index >= 15 is 0 Å². The van der Waals surface area contributed by atoms with Gasteiger partial charge >= 0.3 is 11.9 Å². The van der Waals surface area contributed by atoms with Gasteiger partial charge in [0.05, 0.1) is 24.5 Å². The lowest BCUT2D eigenvalue weighted by Crippen LogP contribution is -2.50. The number of nitrogens with zero attached hydrogens (tertiary/aromatic N) is 8. The van der Waals surface area contributed by atoms with Crippen molar-refractivity contribution in [3.63, 3.8) is 0 Å². The molecule has 0 saturated carbocycles. The van der Waals surface area contributed by atoms with E-state index < -0.39 is 11.6 Å². The molecule has 20 heteroatoms. The first-order valence-electron chi connectivity index (χ1n) is 33.1. The van der Waals surface area contributed by atoms with Crippen LogP contribution in [0, 0.1) is 13.8 Å². The van der Waals surface area contributed by atoms with Crippen molar-refractivity contribution < 1.29 is 38.6 Å². The standard InChI is InChI=1S/C41H49N5O5.C37H41N5O5/c1-27-32(10-9-11-33(27)43-37(48)29-16-18-31(19-17-29)40(2,3)4)35-25-44(8)39(50)34(42-35)24-28-12-14-30(15-13-28)38(49)46-22-20-45(21-23-46)26-36(47)51-41(5,6)7;1-24-29(7-6-8-30(24)39-34(45)26-13-15-28(16-14-26)37(2,3)4)32-22-40(5)36(47)31(38-32)21-25-9-11-27(12-10-25)35(46)42-19-17-41(18-20-42)23-33(43)44/h9-19,25H,20-24,26H2,1-8H3,(H,43,48);6-16,22H,17-21,23H2,1-5H3,(H,39,45)(H,43,44). The summed E-state index contributed by atoms with van der Waals surface area (Å²) in [5, 5.41) is 15.1. The number of rotatable bonds is 16. The molecule has 20 nitrogen and oxygen atoms in total. The molecule has 3 N–H and O–H groups in total. The van der Waals surface area contributed by atoms with Crippen LogP contribution < -0.4 is 21.8 Å². The summed E-state index contributed by atoms with van der Waals surface area (Å²) >= 11 is 0. The fraction of sp³-hybridized carbons (Fsp3) is 0.359. The molecule has 10 rings (SSSR count). The number of hydrogen-bond donors (Lipinski definition) is 3. The maximum absolute atomic E-state index is 13.3. The molecule has 4 amide bonds. The minimum atomic E-state index is -0.874. The van der Waals surface area contributed by atoms with E-state index in [1.807, 2.05) is 154 Å². The van der Waals surface area contributed by atoms with Gasteiger partial charge in [0.1, 0.15) is 17.0 Å². The Balaban J connectivity index is 0.000000230. The maximum atomic E-state index is 13.3. The molecule has 8 aromatic rings. The van der Waals surface area contributed by atoms with Crippen molar-refractivity contribution in [2.24, 2.45) is 14.1 Å². The minimum Gasteiger partial charge on any atom is -0.480 e. The van der Waals surface area contributed by atoms with Gasteiger partial charge in [-0.05, 0) is 139 Å². The number of aliphatic carboxylic acids is 1. The zero-order valence-electron chi connectivity index (χ0n) is 58.5. The third-order valence-electron chi connectivity index (χ3n) is 17.6. The monoisotopic (exact) mass is 1330 g/mol. The molecular formula is C78H90N10O10. The second kappa shape index (κ2) is 30.5. The first-order chi connectivity index (χ1) is 46.3. The highest BCUT2D eigenvalue weighted by Crippen LogP contribution is 2.31.